The molecule has 1 aliphatic heterocycles. The van der Waals surface area contributed by atoms with E-state index in [0.717, 1.165) is 37.0 Å². The third-order valence-electron chi connectivity index (χ3n) is 7.17. The molecule has 2 fully saturated rings. The van der Waals surface area contributed by atoms with Crippen molar-refractivity contribution in [3.63, 3.8) is 0 Å². The first kappa shape index (κ1) is 32.3. The Kier molecular flexibility index (Phi) is 11.0. The second-order valence-corrected chi connectivity index (χ2v) is 11.7. The highest BCUT2D eigenvalue weighted by Crippen LogP contribution is 2.39. The van der Waals surface area contributed by atoms with Crippen LogP contribution in [-0.2, 0) is 44.7 Å². The fraction of sp³-hybridized carbons (Fsp3) is 0.586. The van der Waals surface area contributed by atoms with Crippen molar-refractivity contribution in [3.05, 3.63) is 35.7 Å². The molecule has 0 radical (unpaired) electrons. The predicted molar refractivity (Wildman–Crippen MR) is 153 cm³/mol. The van der Waals surface area contributed by atoms with E-state index >= 15 is 0 Å². The summed E-state index contributed by atoms with van der Waals surface area (Å²) in [7, 11) is 0. The number of nitrogens with one attached hydrogen (secondary N) is 1. The fourth-order valence-corrected chi connectivity index (χ4v) is 6.60. The van der Waals surface area contributed by atoms with E-state index in [1.807, 2.05) is 35.8 Å². The molecular weight excluding hydrogens is 580 g/mol. The molecule has 0 spiro atoms. The number of esters is 3. The van der Waals surface area contributed by atoms with Crippen molar-refractivity contribution in [2.75, 3.05) is 6.61 Å². The highest BCUT2D eigenvalue weighted by molar-refractivity contribution is 7.99. The van der Waals surface area contributed by atoms with Crippen LogP contribution in [0, 0.1) is 6.92 Å². The van der Waals surface area contributed by atoms with Crippen molar-refractivity contribution in [2.24, 2.45) is 0 Å². The lowest BCUT2D eigenvalue weighted by molar-refractivity contribution is -0.211. The summed E-state index contributed by atoms with van der Waals surface area (Å²) in [5, 5.41) is 12.3. The van der Waals surface area contributed by atoms with E-state index in [0.29, 0.717) is 11.0 Å². The van der Waals surface area contributed by atoms with E-state index in [1.165, 1.54) is 39.5 Å². The van der Waals surface area contributed by atoms with Gasteiger partial charge >= 0.3 is 17.9 Å². The van der Waals surface area contributed by atoms with Crippen LogP contribution < -0.4 is 10.1 Å². The van der Waals surface area contributed by atoms with E-state index in [4.69, 9.17) is 23.7 Å². The molecule has 1 aromatic heterocycles. The number of para-hydroxylation sites is 1. The van der Waals surface area contributed by atoms with Gasteiger partial charge in [0, 0.05) is 33.7 Å². The fourth-order valence-electron chi connectivity index (χ4n) is 5.37. The number of aromatic nitrogens is 3. The van der Waals surface area contributed by atoms with Crippen LogP contribution in [0.3, 0.4) is 0 Å². The molecule has 0 bridgehead atoms. The van der Waals surface area contributed by atoms with Crippen LogP contribution in [0.1, 0.15) is 70.8 Å². The lowest BCUT2D eigenvalue weighted by atomic mass is 9.97. The minimum atomic E-state index is -1.17. The molecule has 234 valence electrons. The van der Waals surface area contributed by atoms with Gasteiger partial charge in [0.25, 0.3) is 0 Å². The molecule has 43 heavy (non-hydrogen) atoms. The molecule has 2 aliphatic rings. The molecule has 0 unspecified atom stereocenters. The Labute approximate surface area is 254 Å². The molecule has 1 aliphatic carbocycles. The van der Waals surface area contributed by atoms with Crippen LogP contribution in [0.2, 0.25) is 0 Å². The molecule has 1 saturated carbocycles. The van der Waals surface area contributed by atoms with Gasteiger partial charge in [0.15, 0.2) is 23.2 Å². The Morgan fingerprint density at radius 1 is 0.977 bits per heavy atom. The molecule has 13 nitrogen and oxygen atoms in total. The third-order valence-corrected chi connectivity index (χ3v) is 8.29. The largest absolute Gasteiger partial charge is 0.485 e. The smallest absolute Gasteiger partial charge is 0.303 e. The molecule has 1 N–H and O–H groups in total. The van der Waals surface area contributed by atoms with Crippen molar-refractivity contribution in [2.45, 2.75) is 108 Å². The van der Waals surface area contributed by atoms with Gasteiger partial charge in [-0.1, -0.05) is 42.8 Å². The average molecular weight is 619 g/mol. The van der Waals surface area contributed by atoms with Crippen LogP contribution in [-0.4, -0.2) is 75.0 Å². The van der Waals surface area contributed by atoms with Crippen molar-refractivity contribution in [3.8, 4) is 5.75 Å². The Hall–Kier alpha value is -3.65. The van der Waals surface area contributed by atoms with Crippen molar-refractivity contribution >= 4 is 35.6 Å². The van der Waals surface area contributed by atoms with Gasteiger partial charge in [0.05, 0.1) is 0 Å². The number of nitrogens with zero attached hydrogens (tertiary/aromatic N) is 3. The first-order valence-corrected chi connectivity index (χ1v) is 15.1. The number of carbonyl (C=O) groups excluding carboxylic acids is 4. The lowest BCUT2D eigenvalue weighted by Crippen LogP contribution is -2.65. The molecular formula is C29H38N4O9S. The Morgan fingerprint density at radius 3 is 2.28 bits per heavy atom. The summed E-state index contributed by atoms with van der Waals surface area (Å²) in [6.45, 7) is 6.85. The van der Waals surface area contributed by atoms with Crippen molar-refractivity contribution in [1.29, 1.82) is 0 Å². The molecule has 1 aromatic carbocycles. The van der Waals surface area contributed by atoms with Crippen LogP contribution in [0.25, 0.3) is 0 Å². The predicted octanol–water partition coefficient (Wildman–Crippen LogP) is 3.03. The van der Waals surface area contributed by atoms with E-state index in [-0.39, 0.29) is 19.3 Å². The number of amides is 1. The highest BCUT2D eigenvalue weighted by Gasteiger charge is 2.51. The van der Waals surface area contributed by atoms with Gasteiger partial charge in [-0.05, 0) is 31.4 Å². The normalized spacial score (nSPS) is 23.8. The van der Waals surface area contributed by atoms with E-state index in [1.54, 1.807) is 0 Å². The molecule has 2 aromatic rings. The summed E-state index contributed by atoms with van der Waals surface area (Å²) >= 11 is 1.19. The molecule has 1 amide bonds. The number of aryl methyl sites for hydroxylation is 1. The summed E-state index contributed by atoms with van der Waals surface area (Å²) in [6, 6.07) is 6.89. The summed E-state index contributed by atoms with van der Waals surface area (Å²) in [5.74, 6) is -0.921. The van der Waals surface area contributed by atoms with E-state index in [9.17, 15) is 19.2 Å². The number of thioether (sulfide) groups is 1. The quantitative estimate of drug-likeness (QED) is 0.290. The van der Waals surface area contributed by atoms with Gasteiger partial charge < -0.3 is 29.0 Å². The first-order valence-electron chi connectivity index (χ1n) is 14.2. The number of benzene rings is 1. The number of hydrogen-bond acceptors (Lipinski definition) is 12. The second kappa shape index (κ2) is 14.7. The van der Waals surface area contributed by atoms with Crippen LogP contribution >= 0.6 is 11.8 Å². The zero-order chi connectivity index (χ0) is 31.1. The molecule has 5 atom stereocenters. The second-order valence-electron chi connectivity index (χ2n) is 10.6. The molecule has 2 heterocycles. The third kappa shape index (κ3) is 8.47. The molecule has 1 saturated heterocycles. The summed E-state index contributed by atoms with van der Waals surface area (Å²) < 4.78 is 30.8. The van der Waals surface area contributed by atoms with Gasteiger partial charge in [-0.2, -0.15) is 0 Å². The van der Waals surface area contributed by atoms with E-state index in [2.05, 4.69) is 15.5 Å². The Bertz CT molecular complexity index is 1310. The first-order chi connectivity index (χ1) is 20.5. The van der Waals surface area contributed by atoms with Crippen LogP contribution in [0.15, 0.2) is 29.4 Å². The van der Waals surface area contributed by atoms with Gasteiger partial charge in [-0.15, -0.1) is 10.2 Å². The zero-order valence-corrected chi connectivity index (χ0v) is 25.8. The number of carbonyl (C=O) groups is 4. The zero-order valence-electron chi connectivity index (χ0n) is 24.9. The number of hydrogen-bond donors (Lipinski definition) is 1. The Morgan fingerprint density at radius 2 is 1.65 bits per heavy atom. The maximum atomic E-state index is 12.4. The maximum Gasteiger partial charge on any atom is 0.303 e. The summed E-state index contributed by atoms with van der Waals surface area (Å²) in [4.78, 5) is 48.3. The van der Waals surface area contributed by atoms with Crippen LogP contribution in [0.5, 0.6) is 5.75 Å². The van der Waals surface area contributed by atoms with Crippen molar-refractivity contribution in [1.82, 2.24) is 20.1 Å². The maximum absolute atomic E-state index is 12.4. The Balaban J connectivity index is 1.69. The number of ether oxygens (including phenoxy) is 5. The summed E-state index contributed by atoms with van der Waals surface area (Å²) in [5.41, 5.74) is 0.102. The van der Waals surface area contributed by atoms with Crippen molar-refractivity contribution < 1.29 is 42.9 Å². The van der Waals surface area contributed by atoms with Gasteiger partial charge in [0.2, 0.25) is 5.91 Å². The van der Waals surface area contributed by atoms with Gasteiger partial charge in [-0.25, -0.2) is 0 Å². The minimum absolute atomic E-state index is 0.130. The minimum Gasteiger partial charge on any atom is -0.485 e. The topological polar surface area (TPSA) is 157 Å². The van der Waals surface area contributed by atoms with E-state index < -0.39 is 53.6 Å². The highest BCUT2D eigenvalue weighted by atomic mass is 32.2. The monoisotopic (exact) mass is 618 g/mol. The summed E-state index contributed by atoms with van der Waals surface area (Å²) in [6.07, 6.45) is 0.660. The standard InChI is InChI=1S/C29H38N4O9S/c1-16-10-6-9-13-22(16)39-15-24-31-32-29(33(24)21-11-7-8-12-21)43-28-25(30-17(2)34)27(41-20(5)37)26(40-19(4)36)23(42-28)14-38-18(3)35/h6,9-10,13,21,23,25-28H,7-8,11-12,14-15H2,1-5H3,(H,30,34)/t23-,25-,26+,27-,28+/m0/s1. The average Bonchev–Trinajstić information content (AvgIpc) is 3.59. The van der Waals surface area contributed by atoms with Gasteiger partial charge in [-0.3, -0.25) is 23.7 Å². The number of rotatable bonds is 11. The van der Waals surface area contributed by atoms with Crippen LogP contribution in [0.4, 0.5) is 0 Å². The molecule has 14 heteroatoms. The molecule has 4 rings (SSSR count). The lowest BCUT2D eigenvalue weighted by Gasteiger charge is -2.44. The SMILES string of the molecule is CC(=O)N[C@H]1[C@H](OC(C)=O)[C@H](OC(C)=O)[C@H](COC(C)=O)O[C@@H]1Sc1nnc(COc2ccccc2C)n1C1CCCC1. The van der Waals surface area contributed by atoms with Gasteiger partial charge in [0.1, 0.15) is 36.5 Å².